The van der Waals surface area contributed by atoms with Gasteiger partial charge in [0.25, 0.3) is 0 Å². The lowest BCUT2D eigenvalue weighted by atomic mass is 10.2. The van der Waals surface area contributed by atoms with E-state index in [4.69, 9.17) is 0 Å². The average molecular weight is 174 g/mol. The summed E-state index contributed by atoms with van der Waals surface area (Å²) in [6.45, 7) is 3.27. The van der Waals surface area contributed by atoms with Crippen LogP contribution in [-0.4, -0.2) is 6.54 Å². The van der Waals surface area contributed by atoms with Gasteiger partial charge >= 0.3 is 0 Å². The lowest BCUT2D eigenvalue weighted by Crippen LogP contribution is -2.21. The van der Waals surface area contributed by atoms with E-state index in [2.05, 4.69) is 47.6 Å². The maximum atomic E-state index is 3.23. The van der Waals surface area contributed by atoms with Crippen molar-refractivity contribution < 1.29 is 0 Å². The van der Waals surface area contributed by atoms with E-state index in [1.165, 1.54) is 17.8 Å². The SMILES string of the molecule is CCCN1C=CNc2ccccc21. The van der Waals surface area contributed by atoms with Crippen LogP contribution in [-0.2, 0) is 0 Å². The first-order chi connectivity index (χ1) is 6.42. The van der Waals surface area contributed by atoms with Gasteiger partial charge in [-0.15, -0.1) is 0 Å². The maximum absolute atomic E-state index is 3.23. The highest BCUT2D eigenvalue weighted by Crippen LogP contribution is 2.28. The van der Waals surface area contributed by atoms with Crippen molar-refractivity contribution in [2.24, 2.45) is 0 Å². The van der Waals surface area contributed by atoms with Crippen molar-refractivity contribution in [1.29, 1.82) is 0 Å². The Morgan fingerprint density at radius 2 is 2.15 bits per heavy atom. The lowest BCUT2D eigenvalue weighted by Gasteiger charge is -2.26. The molecule has 0 aliphatic carbocycles. The summed E-state index contributed by atoms with van der Waals surface area (Å²) >= 11 is 0. The number of nitrogens with one attached hydrogen (secondary N) is 1. The van der Waals surface area contributed by atoms with Gasteiger partial charge in [-0.1, -0.05) is 19.1 Å². The van der Waals surface area contributed by atoms with Crippen molar-refractivity contribution in [2.45, 2.75) is 13.3 Å². The molecule has 0 spiro atoms. The van der Waals surface area contributed by atoms with Crippen molar-refractivity contribution >= 4 is 11.4 Å². The van der Waals surface area contributed by atoms with Gasteiger partial charge in [-0.3, -0.25) is 0 Å². The summed E-state index contributed by atoms with van der Waals surface area (Å²) in [6, 6.07) is 8.36. The number of hydrogen-bond acceptors (Lipinski definition) is 2. The fourth-order valence-corrected chi connectivity index (χ4v) is 1.58. The zero-order valence-corrected chi connectivity index (χ0v) is 7.83. The van der Waals surface area contributed by atoms with Crippen LogP contribution in [0, 0.1) is 0 Å². The van der Waals surface area contributed by atoms with Gasteiger partial charge in [-0.25, -0.2) is 0 Å². The van der Waals surface area contributed by atoms with Crippen molar-refractivity contribution in [3.05, 3.63) is 36.7 Å². The third kappa shape index (κ3) is 1.52. The average Bonchev–Trinajstić information content (AvgIpc) is 2.19. The van der Waals surface area contributed by atoms with Crippen molar-refractivity contribution in [1.82, 2.24) is 0 Å². The van der Waals surface area contributed by atoms with Crippen LogP contribution in [0.5, 0.6) is 0 Å². The first-order valence-corrected chi connectivity index (χ1v) is 4.70. The molecule has 2 heteroatoms. The molecule has 68 valence electrons. The minimum absolute atomic E-state index is 1.08. The van der Waals surface area contributed by atoms with E-state index >= 15 is 0 Å². The van der Waals surface area contributed by atoms with Gasteiger partial charge in [0.15, 0.2) is 0 Å². The molecule has 1 aromatic carbocycles. The molecule has 2 rings (SSSR count). The predicted molar refractivity (Wildman–Crippen MR) is 56.8 cm³/mol. The summed E-state index contributed by atoms with van der Waals surface area (Å²) in [5.74, 6) is 0. The Bertz CT molecular complexity index is 318. The topological polar surface area (TPSA) is 15.3 Å². The molecule has 1 aromatic rings. The molecule has 0 aromatic heterocycles. The molecule has 0 atom stereocenters. The van der Waals surface area contributed by atoms with Gasteiger partial charge in [0.05, 0.1) is 11.4 Å². The molecule has 1 heterocycles. The number of fused-ring (bicyclic) bond motifs is 1. The monoisotopic (exact) mass is 174 g/mol. The van der Waals surface area contributed by atoms with E-state index in [1.54, 1.807) is 0 Å². The van der Waals surface area contributed by atoms with Gasteiger partial charge in [0.1, 0.15) is 0 Å². The number of benzene rings is 1. The Labute approximate surface area is 78.9 Å². The molecule has 0 bridgehead atoms. The summed E-state index contributed by atoms with van der Waals surface area (Å²) in [5.41, 5.74) is 2.46. The van der Waals surface area contributed by atoms with Gasteiger partial charge < -0.3 is 10.2 Å². The number of para-hydroxylation sites is 2. The minimum atomic E-state index is 1.08. The summed E-state index contributed by atoms with van der Waals surface area (Å²) < 4.78 is 0. The second-order valence-corrected chi connectivity index (χ2v) is 3.17. The first kappa shape index (κ1) is 8.17. The van der Waals surface area contributed by atoms with Crippen LogP contribution >= 0.6 is 0 Å². The molecule has 2 nitrogen and oxygen atoms in total. The number of hydrogen-bond donors (Lipinski definition) is 1. The molecule has 1 aliphatic rings. The normalized spacial score (nSPS) is 13.8. The van der Waals surface area contributed by atoms with E-state index in [-0.39, 0.29) is 0 Å². The molecule has 0 fully saturated rings. The number of anilines is 2. The summed E-state index contributed by atoms with van der Waals surface area (Å²) in [6.07, 6.45) is 5.24. The van der Waals surface area contributed by atoms with E-state index in [1.807, 2.05) is 6.20 Å². The first-order valence-electron chi connectivity index (χ1n) is 4.70. The third-order valence-corrected chi connectivity index (χ3v) is 2.17. The zero-order chi connectivity index (χ0) is 9.10. The molecular weight excluding hydrogens is 160 g/mol. The molecule has 0 amide bonds. The summed E-state index contributed by atoms with van der Waals surface area (Å²) in [4.78, 5) is 2.27. The largest absolute Gasteiger partial charge is 0.359 e. The highest BCUT2D eigenvalue weighted by Gasteiger charge is 2.09. The summed E-state index contributed by atoms with van der Waals surface area (Å²) in [5, 5.41) is 3.23. The van der Waals surface area contributed by atoms with Crippen LogP contribution in [0.15, 0.2) is 36.7 Å². The van der Waals surface area contributed by atoms with Crippen molar-refractivity contribution in [2.75, 3.05) is 16.8 Å². The Balaban J connectivity index is 2.31. The van der Waals surface area contributed by atoms with Crippen LogP contribution in [0.2, 0.25) is 0 Å². The van der Waals surface area contributed by atoms with Gasteiger partial charge in [-0.2, -0.15) is 0 Å². The molecule has 1 N–H and O–H groups in total. The second kappa shape index (κ2) is 3.52. The van der Waals surface area contributed by atoms with E-state index in [0.717, 1.165) is 6.54 Å². The molecule has 0 unspecified atom stereocenters. The molecule has 0 saturated heterocycles. The molecular formula is C11H14N2. The van der Waals surface area contributed by atoms with E-state index in [0.29, 0.717) is 0 Å². The molecule has 1 aliphatic heterocycles. The highest BCUT2D eigenvalue weighted by atomic mass is 15.2. The number of rotatable bonds is 2. The molecule has 0 radical (unpaired) electrons. The fourth-order valence-electron chi connectivity index (χ4n) is 1.58. The smallest absolute Gasteiger partial charge is 0.0645 e. The van der Waals surface area contributed by atoms with Gasteiger partial charge in [0, 0.05) is 18.9 Å². The van der Waals surface area contributed by atoms with E-state index < -0.39 is 0 Å². The van der Waals surface area contributed by atoms with Crippen LogP contribution < -0.4 is 10.2 Å². The fraction of sp³-hybridized carbons (Fsp3) is 0.273. The van der Waals surface area contributed by atoms with Gasteiger partial charge in [-0.05, 0) is 18.6 Å². The Morgan fingerprint density at radius 1 is 1.31 bits per heavy atom. The van der Waals surface area contributed by atoms with Crippen LogP contribution in [0.3, 0.4) is 0 Å². The molecule has 0 saturated carbocycles. The third-order valence-electron chi connectivity index (χ3n) is 2.17. The quantitative estimate of drug-likeness (QED) is 0.741. The predicted octanol–water partition coefficient (Wildman–Crippen LogP) is 2.80. The summed E-state index contributed by atoms with van der Waals surface area (Å²) in [7, 11) is 0. The van der Waals surface area contributed by atoms with Crippen LogP contribution in [0.1, 0.15) is 13.3 Å². The Kier molecular flexibility index (Phi) is 2.21. The zero-order valence-electron chi connectivity index (χ0n) is 7.83. The van der Waals surface area contributed by atoms with Crippen molar-refractivity contribution in [3.8, 4) is 0 Å². The van der Waals surface area contributed by atoms with E-state index in [9.17, 15) is 0 Å². The minimum Gasteiger partial charge on any atom is -0.359 e. The Hall–Kier alpha value is -1.44. The standard InChI is InChI=1S/C11H14N2/c1-2-8-13-9-7-12-10-5-3-4-6-11(10)13/h3-7,9,12H,2,8H2,1H3. The molecule has 13 heavy (non-hydrogen) atoms. The van der Waals surface area contributed by atoms with Crippen LogP contribution in [0.25, 0.3) is 0 Å². The highest BCUT2D eigenvalue weighted by molar-refractivity contribution is 5.74. The Morgan fingerprint density at radius 3 is 3.00 bits per heavy atom. The van der Waals surface area contributed by atoms with Gasteiger partial charge in [0.2, 0.25) is 0 Å². The maximum Gasteiger partial charge on any atom is 0.0645 e. The number of nitrogens with zero attached hydrogens (tertiary/aromatic N) is 1. The van der Waals surface area contributed by atoms with Crippen LogP contribution in [0.4, 0.5) is 11.4 Å². The second-order valence-electron chi connectivity index (χ2n) is 3.17. The lowest BCUT2D eigenvalue weighted by molar-refractivity contribution is 0.876. The van der Waals surface area contributed by atoms with Crippen molar-refractivity contribution in [3.63, 3.8) is 0 Å².